The van der Waals surface area contributed by atoms with Crippen LogP contribution in [-0.4, -0.2) is 39.7 Å². The van der Waals surface area contributed by atoms with Crippen LogP contribution in [-0.2, 0) is 14.3 Å². The third-order valence-electron chi connectivity index (χ3n) is 2.52. The molecule has 3 N–H and O–H groups in total. The molecule has 104 valence electrons. The largest absolute Gasteiger partial charge is 0.479 e. The Morgan fingerprint density at radius 2 is 1.94 bits per heavy atom. The summed E-state index contributed by atoms with van der Waals surface area (Å²) in [6, 6.07) is 0. The molecular formula is C12H21NO4S. The first-order valence-corrected chi connectivity index (χ1v) is 7.14. The molecule has 18 heavy (non-hydrogen) atoms. The predicted molar refractivity (Wildman–Crippen MR) is 70.4 cm³/mol. The molecule has 0 saturated heterocycles. The fourth-order valence-corrected chi connectivity index (χ4v) is 2.60. The molecule has 5 nitrogen and oxygen atoms in total. The topological polar surface area (TPSA) is 89.6 Å². The van der Waals surface area contributed by atoms with Crippen molar-refractivity contribution in [1.29, 1.82) is 0 Å². The van der Waals surface area contributed by atoms with Crippen molar-refractivity contribution < 1.29 is 19.4 Å². The smallest absolute Gasteiger partial charge is 0.339 e. The van der Waals surface area contributed by atoms with Gasteiger partial charge in [-0.15, -0.1) is 0 Å². The molecule has 1 atom stereocenters. The number of ether oxygens (including phenoxy) is 1. The van der Waals surface area contributed by atoms with Gasteiger partial charge in [-0.05, 0) is 45.3 Å². The summed E-state index contributed by atoms with van der Waals surface area (Å²) in [6.07, 6.45) is 2.37. The number of rotatable bonds is 6. The van der Waals surface area contributed by atoms with Crippen LogP contribution in [0.5, 0.6) is 0 Å². The van der Waals surface area contributed by atoms with E-state index in [4.69, 9.17) is 15.6 Å². The molecule has 6 heteroatoms. The Hall–Kier alpha value is -0.750. The van der Waals surface area contributed by atoms with Crippen LogP contribution < -0.4 is 5.73 Å². The first kappa shape index (κ1) is 15.3. The Morgan fingerprint density at radius 3 is 2.33 bits per heavy atom. The fourth-order valence-electron chi connectivity index (χ4n) is 1.25. The van der Waals surface area contributed by atoms with Gasteiger partial charge in [-0.3, -0.25) is 0 Å². The molecule has 0 aliphatic heterocycles. The van der Waals surface area contributed by atoms with Crippen LogP contribution in [0, 0.1) is 5.92 Å². The van der Waals surface area contributed by atoms with E-state index in [1.165, 1.54) is 24.6 Å². The first-order valence-electron chi connectivity index (χ1n) is 5.98. The number of hydrogen-bond acceptors (Lipinski definition) is 5. The maximum absolute atomic E-state index is 11.9. The third kappa shape index (κ3) is 4.49. The molecule has 0 radical (unpaired) electrons. The van der Waals surface area contributed by atoms with Crippen molar-refractivity contribution in [3.63, 3.8) is 0 Å². The van der Waals surface area contributed by atoms with E-state index in [0.29, 0.717) is 5.92 Å². The third-order valence-corrected chi connectivity index (χ3v) is 3.89. The molecule has 0 heterocycles. The van der Waals surface area contributed by atoms with E-state index in [2.05, 4.69) is 0 Å². The van der Waals surface area contributed by atoms with Crippen LogP contribution in [0.3, 0.4) is 0 Å². The molecule has 0 bridgehead atoms. The van der Waals surface area contributed by atoms with Gasteiger partial charge in [0.25, 0.3) is 0 Å². The number of nitrogens with two attached hydrogens (primary N) is 1. The molecule has 0 spiro atoms. The van der Waals surface area contributed by atoms with Crippen molar-refractivity contribution in [1.82, 2.24) is 0 Å². The Bertz CT molecular complexity index is 335. The number of carboxylic acids is 1. The minimum Gasteiger partial charge on any atom is -0.479 e. The lowest BCUT2D eigenvalue weighted by Gasteiger charge is -2.27. The summed E-state index contributed by atoms with van der Waals surface area (Å²) in [7, 11) is 0. The normalized spacial score (nSPS) is 19.1. The zero-order valence-electron chi connectivity index (χ0n) is 11.1. The Kier molecular flexibility index (Phi) is 4.66. The number of carbonyl (C=O) groups is 2. The van der Waals surface area contributed by atoms with Gasteiger partial charge in [-0.1, -0.05) is 0 Å². The Balaban J connectivity index is 2.59. The number of hydrogen-bond donors (Lipinski definition) is 2. The second-order valence-corrected chi connectivity index (χ2v) is 6.77. The van der Waals surface area contributed by atoms with Gasteiger partial charge in [-0.2, -0.15) is 11.8 Å². The van der Waals surface area contributed by atoms with Crippen LogP contribution >= 0.6 is 11.8 Å². The van der Waals surface area contributed by atoms with E-state index in [-0.39, 0.29) is 5.75 Å². The van der Waals surface area contributed by atoms with Crippen LogP contribution in [0.2, 0.25) is 0 Å². The maximum Gasteiger partial charge on any atom is 0.339 e. The van der Waals surface area contributed by atoms with E-state index in [1.54, 1.807) is 20.8 Å². The van der Waals surface area contributed by atoms with Crippen LogP contribution in [0.4, 0.5) is 0 Å². The summed E-state index contributed by atoms with van der Waals surface area (Å²) in [5, 5.41) is 9.14. The van der Waals surface area contributed by atoms with E-state index in [9.17, 15) is 9.59 Å². The van der Waals surface area contributed by atoms with Gasteiger partial charge in [0.05, 0.1) is 0 Å². The molecule has 0 aromatic carbocycles. The lowest BCUT2D eigenvalue weighted by atomic mass is 10.0. The monoisotopic (exact) mass is 275 g/mol. The summed E-state index contributed by atoms with van der Waals surface area (Å²) in [5.41, 5.74) is 3.01. The average molecular weight is 275 g/mol. The number of carbonyl (C=O) groups excluding carboxylic acids is 1. The Labute approximate surface area is 111 Å². The quantitative estimate of drug-likeness (QED) is 0.560. The lowest BCUT2D eigenvalue weighted by molar-refractivity contribution is -0.167. The zero-order chi connectivity index (χ0) is 14.0. The van der Waals surface area contributed by atoms with E-state index in [1.807, 2.05) is 0 Å². The molecule has 0 aromatic heterocycles. The molecule has 0 aromatic rings. The highest BCUT2D eigenvalue weighted by Crippen LogP contribution is 2.33. The second kappa shape index (κ2) is 5.48. The summed E-state index contributed by atoms with van der Waals surface area (Å²) >= 11 is 1.41. The highest BCUT2D eigenvalue weighted by Gasteiger charge is 2.45. The molecule has 0 amide bonds. The highest BCUT2D eigenvalue weighted by molar-refractivity contribution is 7.99. The van der Waals surface area contributed by atoms with Crippen molar-refractivity contribution in [3.05, 3.63) is 0 Å². The number of aliphatic carboxylic acids is 1. The molecule has 1 aliphatic rings. The van der Waals surface area contributed by atoms with Gasteiger partial charge in [0.1, 0.15) is 5.60 Å². The molecular weight excluding hydrogens is 254 g/mol. The number of thioether (sulfide) groups is 1. The molecule has 1 unspecified atom stereocenters. The van der Waals surface area contributed by atoms with Gasteiger partial charge < -0.3 is 15.6 Å². The minimum atomic E-state index is -1.95. The minimum absolute atomic E-state index is 0.0494. The van der Waals surface area contributed by atoms with Crippen LogP contribution in [0.15, 0.2) is 0 Å². The summed E-state index contributed by atoms with van der Waals surface area (Å²) in [4.78, 5) is 23.1. The fraction of sp³-hybridized carbons (Fsp3) is 0.833. The maximum atomic E-state index is 11.9. The van der Waals surface area contributed by atoms with Crippen LogP contribution in [0.25, 0.3) is 0 Å². The van der Waals surface area contributed by atoms with Gasteiger partial charge in [0.2, 0.25) is 5.54 Å². The number of esters is 1. The molecule has 1 rings (SSSR count). The van der Waals surface area contributed by atoms with Gasteiger partial charge in [-0.25, -0.2) is 9.59 Å². The van der Waals surface area contributed by atoms with Crippen molar-refractivity contribution in [3.8, 4) is 0 Å². The summed E-state index contributed by atoms with van der Waals surface area (Å²) in [5.74, 6) is -0.638. The SMILES string of the molecule is CC(C)(C)OC(=O)C(N)(CSCC1CC1)C(=O)O. The zero-order valence-corrected chi connectivity index (χ0v) is 11.9. The van der Waals surface area contributed by atoms with Crippen molar-refractivity contribution >= 4 is 23.7 Å². The van der Waals surface area contributed by atoms with E-state index >= 15 is 0 Å². The summed E-state index contributed by atoms with van der Waals surface area (Å²) in [6.45, 7) is 5.06. The van der Waals surface area contributed by atoms with Crippen molar-refractivity contribution in [2.45, 2.75) is 44.8 Å². The van der Waals surface area contributed by atoms with Gasteiger partial charge in [0.15, 0.2) is 0 Å². The predicted octanol–water partition coefficient (Wildman–Crippen LogP) is 1.25. The van der Waals surface area contributed by atoms with E-state index in [0.717, 1.165) is 5.75 Å². The number of carboxylic acid groups (broad SMARTS) is 1. The van der Waals surface area contributed by atoms with Crippen LogP contribution in [0.1, 0.15) is 33.6 Å². The molecule has 1 aliphatic carbocycles. The second-order valence-electron chi connectivity index (χ2n) is 5.74. The van der Waals surface area contributed by atoms with Crippen molar-refractivity contribution in [2.24, 2.45) is 11.7 Å². The highest BCUT2D eigenvalue weighted by atomic mass is 32.2. The molecule has 1 saturated carbocycles. The van der Waals surface area contributed by atoms with Gasteiger partial charge >= 0.3 is 11.9 Å². The summed E-state index contributed by atoms with van der Waals surface area (Å²) < 4.78 is 5.08. The average Bonchev–Trinajstić information content (AvgIpc) is 2.98. The lowest BCUT2D eigenvalue weighted by Crippen LogP contribution is -2.59. The van der Waals surface area contributed by atoms with Crippen molar-refractivity contribution in [2.75, 3.05) is 11.5 Å². The van der Waals surface area contributed by atoms with Gasteiger partial charge in [0, 0.05) is 5.75 Å². The first-order chi connectivity index (χ1) is 8.15. The molecule has 1 fully saturated rings. The standard InChI is InChI=1S/C12H21NO4S/c1-11(2,3)17-10(16)12(13,9(14)15)7-18-6-8-4-5-8/h8H,4-7,13H2,1-3H3,(H,14,15). The van der Waals surface area contributed by atoms with E-state index < -0.39 is 23.1 Å². The Morgan fingerprint density at radius 1 is 1.39 bits per heavy atom.